The molecule has 0 amide bonds. The van der Waals surface area contributed by atoms with Crippen LogP contribution in [0.1, 0.15) is 31.1 Å². The van der Waals surface area contributed by atoms with E-state index in [1.807, 2.05) is 63.2 Å². The number of carbonyl (C=O) groups excluding carboxylic acids is 1. The number of H-pyrrole nitrogens is 1. The van der Waals surface area contributed by atoms with Gasteiger partial charge in [-0.1, -0.05) is 20.8 Å². The molecule has 2 aromatic carbocycles. The van der Waals surface area contributed by atoms with Gasteiger partial charge in [-0.05, 0) is 42.5 Å². The smallest absolute Gasteiger partial charge is 0.168 e. The van der Waals surface area contributed by atoms with E-state index in [2.05, 4.69) is 9.97 Å². The number of hydrogen-bond acceptors (Lipinski definition) is 3. The largest absolute Gasteiger partial charge is 0.497 e. The van der Waals surface area contributed by atoms with Crippen LogP contribution < -0.4 is 4.74 Å². The molecular weight excluding hydrogens is 288 g/mol. The molecule has 0 unspecified atom stereocenters. The Kier molecular flexibility index (Phi) is 3.68. The Morgan fingerprint density at radius 1 is 1.09 bits per heavy atom. The van der Waals surface area contributed by atoms with Crippen LogP contribution in [0.3, 0.4) is 0 Å². The lowest BCUT2D eigenvalue weighted by atomic mass is 9.86. The predicted molar refractivity (Wildman–Crippen MR) is 91.9 cm³/mol. The number of carbonyl (C=O) groups is 1. The molecule has 0 fully saturated rings. The summed E-state index contributed by atoms with van der Waals surface area (Å²) in [6.07, 6.45) is 0. The Bertz CT molecular complexity index is 855. The van der Waals surface area contributed by atoms with Gasteiger partial charge in [0.15, 0.2) is 5.78 Å². The van der Waals surface area contributed by atoms with Crippen LogP contribution in [-0.2, 0) is 0 Å². The van der Waals surface area contributed by atoms with Gasteiger partial charge in [-0.25, -0.2) is 4.98 Å². The molecule has 0 aliphatic carbocycles. The van der Waals surface area contributed by atoms with Crippen molar-refractivity contribution in [3.63, 3.8) is 0 Å². The molecule has 4 heteroatoms. The first-order valence-corrected chi connectivity index (χ1v) is 7.57. The molecule has 0 spiro atoms. The Balaban J connectivity index is 2.00. The third kappa shape index (κ3) is 2.97. The zero-order valence-corrected chi connectivity index (χ0v) is 13.8. The van der Waals surface area contributed by atoms with Crippen molar-refractivity contribution in [1.82, 2.24) is 9.97 Å². The van der Waals surface area contributed by atoms with Gasteiger partial charge in [0.05, 0.1) is 18.1 Å². The highest BCUT2D eigenvalue weighted by Crippen LogP contribution is 2.26. The SMILES string of the molecule is COc1ccc(-c2nc3ccc(C(=O)C(C)(C)C)cc3[nH]2)cc1. The highest BCUT2D eigenvalue weighted by molar-refractivity contribution is 6.02. The van der Waals surface area contributed by atoms with Crippen LogP contribution in [-0.4, -0.2) is 22.9 Å². The summed E-state index contributed by atoms with van der Waals surface area (Å²) in [7, 11) is 1.64. The van der Waals surface area contributed by atoms with Crippen LogP contribution in [0.15, 0.2) is 42.5 Å². The monoisotopic (exact) mass is 308 g/mol. The molecule has 3 rings (SSSR count). The average Bonchev–Trinajstić information content (AvgIpc) is 2.96. The maximum Gasteiger partial charge on any atom is 0.168 e. The number of Topliss-reactive ketones (excluding diaryl/α,β-unsaturated/α-hetero) is 1. The van der Waals surface area contributed by atoms with E-state index in [0.29, 0.717) is 5.56 Å². The highest BCUT2D eigenvalue weighted by Gasteiger charge is 2.23. The number of ether oxygens (including phenoxy) is 1. The number of nitrogens with one attached hydrogen (secondary N) is 1. The van der Waals surface area contributed by atoms with E-state index in [1.54, 1.807) is 7.11 Å². The quantitative estimate of drug-likeness (QED) is 0.726. The lowest BCUT2D eigenvalue weighted by Gasteiger charge is -2.16. The summed E-state index contributed by atoms with van der Waals surface area (Å²) >= 11 is 0. The van der Waals surface area contributed by atoms with Crippen molar-refractivity contribution in [3.05, 3.63) is 48.0 Å². The zero-order chi connectivity index (χ0) is 16.6. The van der Waals surface area contributed by atoms with Gasteiger partial charge in [-0.15, -0.1) is 0 Å². The number of imidazole rings is 1. The topological polar surface area (TPSA) is 55.0 Å². The summed E-state index contributed by atoms with van der Waals surface area (Å²) in [5.41, 5.74) is 3.00. The first-order valence-electron chi connectivity index (χ1n) is 7.57. The number of methoxy groups -OCH3 is 1. The van der Waals surface area contributed by atoms with Gasteiger partial charge in [0.2, 0.25) is 0 Å². The van der Waals surface area contributed by atoms with Crippen LogP contribution in [0.5, 0.6) is 5.75 Å². The average molecular weight is 308 g/mol. The Morgan fingerprint density at radius 2 is 1.78 bits per heavy atom. The van der Waals surface area contributed by atoms with Crippen molar-refractivity contribution in [2.45, 2.75) is 20.8 Å². The minimum Gasteiger partial charge on any atom is -0.497 e. The van der Waals surface area contributed by atoms with E-state index in [-0.39, 0.29) is 5.78 Å². The van der Waals surface area contributed by atoms with Crippen molar-refractivity contribution in [2.24, 2.45) is 5.41 Å². The molecule has 1 heterocycles. The first-order chi connectivity index (χ1) is 10.9. The fraction of sp³-hybridized carbons (Fsp3) is 0.263. The van der Waals surface area contributed by atoms with Gasteiger partial charge in [0, 0.05) is 16.5 Å². The molecule has 4 nitrogen and oxygen atoms in total. The van der Waals surface area contributed by atoms with E-state index < -0.39 is 5.41 Å². The number of hydrogen-bond donors (Lipinski definition) is 1. The molecule has 23 heavy (non-hydrogen) atoms. The number of rotatable bonds is 3. The number of fused-ring (bicyclic) bond motifs is 1. The van der Waals surface area contributed by atoms with Gasteiger partial charge in [0.1, 0.15) is 11.6 Å². The molecule has 3 aromatic rings. The second kappa shape index (κ2) is 5.54. The van der Waals surface area contributed by atoms with Crippen LogP contribution in [0.4, 0.5) is 0 Å². The van der Waals surface area contributed by atoms with E-state index in [9.17, 15) is 4.79 Å². The fourth-order valence-corrected chi connectivity index (χ4v) is 2.47. The number of ketones is 1. The van der Waals surface area contributed by atoms with Gasteiger partial charge in [-0.3, -0.25) is 4.79 Å². The van der Waals surface area contributed by atoms with Gasteiger partial charge in [-0.2, -0.15) is 0 Å². The molecule has 0 aliphatic rings. The zero-order valence-electron chi connectivity index (χ0n) is 13.8. The second-order valence-electron chi connectivity index (χ2n) is 6.62. The van der Waals surface area contributed by atoms with E-state index >= 15 is 0 Å². The van der Waals surface area contributed by atoms with E-state index in [0.717, 1.165) is 28.2 Å². The lowest BCUT2D eigenvalue weighted by molar-refractivity contribution is 0.0858. The molecule has 0 atom stereocenters. The highest BCUT2D eigenvalue weighted by atomic mass is 16.5. The summed E-state index contributed by atoms with van der Waals surface area (Å²) < 4.78 is 5.17. The minimum atomic E-state index is -0.396. The van der Waals surface area contributed by atoms with Crippen molar-refractivity contribution < 1.29 is 9.53 Å². The van der Waals surface area contributed by atoms with Gasteiger partial charge in [0.25, 0.3) is 0 Å². The second-order valence-corrected chi connectivity index (χ2v) is 6.62. The Labute approximate surface area is 135 Å². The molecule has 0 saturated heterocycles. The van der Waals surface area contributed by atoms with E-state index in [1.165, 1.54) is 0 Å². The molecular formula is C19H20N2O2. The minimum absolute atomic E-state index is 0.125. The molecule has 118 valence electrons. The van der Waals surface area contributed by atoms with Crippen molar-refractivity contribution >= 4 is 16.8 Å². The fourth-order valence-electron chi connectivity index (χ4n) is 2.47. The molecule has 1 N–H and O–H groups in total. The molecule has 1 aromatic heterocycles. The number of aromatic nitrogens is 2. The third-order valence-corrected chi connectivity index (χ3v) is 3.79. The summed E-state index contributed by atoms with van der Waals surface area (Å²) in [5.74, 6) is 1.71. The van der Waals surface area contributed by atoms with Crippen molar-refractivity contribution in [2.75, 3.05) is 7.11 Å². The Hall–Kier alpha value is -2.62. The molecule has 0 bridgehead atoms. The standard InChI is InChI=1S/C19H20N2O2/c1-19(2,3)17(22)13-7-10-15-16(11-13)21-18(20-15)12-5-8-14(23-4)9-6-12/h5-11H,1-4H3,(H,20,21). The van der Waals surface area contributed by atoms with Gasteiger partial charge >= 0.3 is 0 Å². The predicted octanol–water partition coefficient (Wildman–Crippen LogP) is 4.47. The van der Waals surface area contributed by atoms with Gasteiger partial charge < -0.3 is 9.72 Å². The van der Waals surface area contributed by atoms with E-state index in [4.69, 9.17) is 4.74 Å². The summed E-state index contributed by atoms with van der Waals surface area (Å²) in [6, 6.07) is 13.3. The Morgan fingerprint density at radius 3 is 2.39 bits per heavy atom. The summed E-state index contributed by atoms with van der Waals surface area (Å²) in [6.45, 7) is 5.78. The number of aromatic amines is 1. The maximum absolute atomic E-state index is 12.4. The normalized spacial score (nSPS) is 11.7. The van der Waals surface area contributed by atoms with Crippen molar-refractivity contribution in [1.29, 1.82) is 0 Å². The summed E-state index contributed by atoms with van der Waals surface area (Å²) in [5, 5.41) is 0. The molecule has 0 radical (unpaired) electrons. The molecule has 0 saturated carbocycles. The maximum atomic E-state index is 12.4. The number of nitrogens with zero attached hydrogens (tertiary/aromatic N) is 1. The third-order valence-electron chi connectivity index (χ3n) is 3.79. The lowest BCUT2D eigenvalue weighted by Crippen LogP contribution is -2.19. The first kappa shape index (κ1) is 15.3. The van der Waals surface area contributed by atoms with Crippen LogP contribution in [0.2, 0.25) is 0 Å². The summed E-state index contributed by atoms with van der Waals surface area (Å²) in [4.78, 5) is 20.3. The van der Waals surface area contributed by atoms with Crippen LogP contribution in [0.25, 0.3) is 22.4 Å². The van der Waals surface area contributed by atoms with Crippen LogP contribution in [0, 0.1) is 5.41 Å². The van der Waals surface area contributed by atoms with Crippen LogP contribution >= 0.6 is 0 Å². The molecule has 0 aliphatic heterocycles. The van der Waals surface area contributed by atoms with Crippen molar-refractivity contribution in [3.8, 4) is 17.1 Å². The number of benzene rings is 2.